The molecule has 5 aromatic rings. The fourth-order valence-electron chi connectivity index (χ4n) is 4.73. The molecule has 0 aliphatic heterocycles. The van der Waals surface area contributed by atoms with Gasteiger partial charge < -0.3 is 9.47 Å². The van der Waals surface area contributed by atoms with E-state index in [9.17, 15) is 4.79 Å². The number of rotatable bonds is 11. The Morgan fingerprint density at radius 2 is 1.31 bits per heavy atom. The molecule has 7 heteroatoms. The highest BCUT2D eigenvalue weighted by Crippen LogP contribution is 2.55. The van der Waals surface area contributed by atoms with E-state index in [0.717, 1.165) is 32.9 Å². The first kappa shape index (κ1) is 26.3. The van der Waals surface area contributed by atoms with Gasteiger partial charge in [-0.3, -0.25) is 0 Å². The monoisotopic (exact) mass is 536 g/mol. The third-order valence-electron chi connectivity index (χ3n) is 6.67. The van der Waals surface area contributed by atoms with Crippen molar-refractivity contribution in [2.45, 2.75) is 13.0 Å². The highest BCUT2D eigenvalue weighted by molar-refractivity contribution is 7.96. The average Bonchev–Trinajstić information content (AvgIpc) is 3.44. The van der Waals surface area contributed by atoms with Crippen molar-refractivity contribution in [2.75, 3.05) is 19.9 Å². The molecule has 0 atom stereocenters. The van der Waals surface area contributed by atoms with Crippen molar-refractivity contribution in [3.63, 3.8) is 0 Å². The van der Waals surface area contributed by atoms with Gasteiger partial charge in [-0.05, 0) is 54.1 Å². The van der Waals surface area contributed by atoms with Crippen molar-refractivity contribution in [3.05, 3.63) is 133 Å². The van der Waals surface area contributed by atoms with Gasteiger partial charge in [0.15, 0.2) is 6.16 Å². The quantitative estimate of drug-likeness (QED) is 0.185. The number of hydrogen-bond donors (Lipinski definition) is 0. The first-order chi connectivity index (χ1) is 19.2. The maximum absolute atomic E-state index is 13.4. The lowest BCUT2D eigenvalue weighted by Gasteiger charge is -2.26. The van der Waals surface area contributed by atoms with Gasteiger partial charge in [0.25, 0.3) is 0 Å². The molecule has 6 nitrogen and oxygen atoms in total. The molecule has 39 heavy (non-hydrogen) atoms. The van der Waals surface area contributed by atoms with E-state index in [0.29, 0.717) is 13.0 Å². The van der Waals surface area contributed by atoms with Gasteiger partial charge in [0.1, 0.15) is 28.9 Å². The van der Waals surface area contributed by atoms with Gasteiger partial charge in [0.05, 0.1) is 26.0 Å². The van der Waals surface area contributed by atoms with Gasteiger partial charge in [0, 0.05) is 12.6 Å². The predicted octanol–water partition coefficient (Wildman–Crippen LogP) is 4.41. The molecule has 196 valence electrons. The van der Waals surface area contributed by atoms with Crippen molar-refractivity contribution >= 4 is 29.1 Å². The molecule has 0 aliphatic rings. The van der Waals surface area contributed by atoms with Crippen molar-refractivity contribution in [2.24, 2.45) is 0 Å². The smallest absolute Gasteiger partial charge is 0.345 e. The van der Waals surface area contributed by atoms with E-state index in [2.05, 4.69) is 46.7 Å². The Labute approximate surface area is 229 Å². The number of nitrogens with zero attached hydrogens (tertiary/aromatic N) is 3. The first-order valence-corrected chi connectivity index (χ1v) is 14.9. The Morgan fingerprint density at radius 3 is 1.82 bits per heavy atom. The Hall–Kier alpha value is -4.28. The lowest BCUT2D eigenvalue weighted by atomic mass is 10.2. The Morgan fingerprint density at radius 1 is 0.769 bits per heavy atom. The molecule has 0 fully saturated rings. The molecule has 1 aromatic heterocycles. The zero-order valence-corrected chi connectivity index (χ0v) is 22.8. The van der Waals surface area contributed by atoms with Crippen LogP contribution in [0.15, 0.2) is 121 Å². The topological polar surface area (TPSA) is 66.2 Å². The SMILES string of the molecule is COc1ccc(Cn2cc(CCOC(=O)C[P+](c3ccccc3)(c3ccccc3)c3ccccc3)nn2)cc1. The summed E-state index contributed by atoms with van der Waals surface area (Å²) in [5.74, 6) is 0.601. The van der Waals surface area contributed by atoms with Crippen LogP contribution < -0.4 is 20.7 Å². The highest BCUT2D eigenvalue weighted by Gasteiger charge is 2.47. The fourth-order valence-corrected chi connectivity index (χ4v) is 8.69. The third-order valence-corrected chi connectivity index (χ3v) is 10.9. The number of esters is 1. The van der Waals surface area contributed by atoms with E-state index < -0.39 is 7.26 Å². The van der Waals surface area contributed by atoms with E-state index in [1.807, 2.05) is 85.1 Å². The Balaban J connectivity index is 1.29. The van der Waals surface area contributed by atoms with Crippen LogP contribution in [0, 0.1) is 0 Å². The normalized spacial score (nSPS) is 11.2. The third kappa shape index (κ3) is 6.24. The molecule has 0 amide bonds. The summed E-state index contributed by atoms with van der Waals surface area (Å²) in [7, 11) is -0.627. The number of methoxy groups -OCH3 is 1. The average molecular weight is 537 g/mol. The molecule has 0 unspecified atom stereocenters. The van der Waals surface area contributed by atoms with Gasteiger partial charge >= 0.3 is 5.97 Å². The zero-order chi connectivity index (χ0) is 26.9. The zero-order valence-electron chi connectivity index (χ0n) is 21.9. The molecule has 0 bridgehead atoms. The largest absolute Gasteiger partial charge is 0.497 e. The summed E-state index contributed by atoms with van der Waals surface area (Å²) in [5, 5.41) is 12.0. The number of aromatic nitrogens is 3. The summed E-state index contributed by atoms with van der Waals surface area (Å²) >= 11 is 0. The molecule has 0 saturated heterocycles. The second-order valence-electron chi connectivity index (χ2n) is 9.20. The minimum atomic E-state index is -2.28. The second kappa shape index (κ2) is 12.5. The van der Waals surface area contributed by atoms with Crippen molar-refractivity contribution in [3.8, 4) is 5.75 Å². The predicted molar refractivity (Wildman–Crippen MR) is 157 cm³/mol. The Kier molecular flexibility index (Phi) is 8.45. The fraction of sp³-hybridized carbons (Fsp3) is 0.156. The summed E-state index contributed by atoms with van der Waals surface area (Å²) in [6, 6.07) is 38.9. The molecule has 5 rings (SSSR count). The van der Waals surface area contributed by atoms with E-state index in [-0.39, 0.29) is 18.7 Å². The second-order valence-corrected chi connectivity index (χ2v) is 12.7. The summed E-state index contributed by atoms with van der Waals surface area (Å²) in [5.41, 5.74) is 1.88. The van der Waals surface area contributed by atoms with Crippen LogP contribution >= 0.6 is 7.26 Å². The van der Waals surface area contributed by atoms with Crippen LogP contribution in [0.3, 0.4) is 0 Å². The Bertz CT molecular complexity index is 1380. The highest BCUT2D eigenvalue weighted by atomic mass is 31.2. The number of benzene rings is 4. The van der Waals surface area contributed by atoms with Crippen LogP contribution in [-0.2, 0) is 22.5 Å². The summed E-state index contributed by atoms with van der Waals surface area (Å²) in [6.45, 7) is 0.855. The van der Waals surface area contributed by atoms with E-state index in [1.165, 1.54) is 0 Å². The van der Waals surface area contributed by atoms with Gasteiger partial charge in [-0.15, -0.1) is 5.10 Å². The number of carbonyl (C=O) groups excluding carboxylic acids is 1. The van der Waals surface area contributed by atoms with Crippen LogP contribution in [0.4, 0.5) is 0 Å². The van der Waals surface area contributed by atoms with Crippen molar-refractivity contribution in [1.82, 2.24) is 15.0 Å². The number of hydrogen-bond acceptors (Lipinski definition) is 5. The summed E-state index contributed by atoms with van der Waals surface area (Å²) in [4.78, 5) is 13.4. The molecular weight excluding hydrogens is 505 g/mol. The van der Waals surface area contributed by atoms with Crippen LogP contribution in [0.2, 0.25) is 0 Å². The molecule has 0 saturated carbocycles. The van der Waals surface area contributed by atoms with Crippen LogP contribution in [0.5, 0.6) is 5.75 Å². The standard InChI is InChI=1S/C32H31N3O3P/c1-37-28-19-17-26(18-20-28)23-35-24-27(33-34-35)21-22-38-32(36)25-39(29-11-5-2-6-12-29,30-13-7-3-8-14-30)31-15-9-4-10-16-31/h2-20,24H,21-23,25H2,1H3/q+1. The molecule has 0 N–H and O–H groups in total. The van der Waals surface area contributed by atoms with Gasteiger partial charge in [-0.2, -0.15) is 0 Å². The first-order valence-electron chi connectivity index (χ1n) is 12.9. The molecule has 0 aliphatic carbocycles. The van der Waals surface area contributed by atoms with Crippen molar-refractivity contribution < 1.29 is 14.3 Å². The molecule has 0 spiro atoms. The summed E-state index contributed by atoms with van der Waals surface area (Å²) < 4.78 is 12.8. The van der Waals surface area contributed by atoms with Crippen molar-refractivity contribution in [1.29, 1.82) is 0 Å². The van der Waals surface area contributed by atoms with Crippen LogP contribution in [-0.4, -0.2) is 40.8 Å². The van der Waals surface area contributed by atoms with E-state index in [4.69, 9.17) is 9.47 Å². The van der Waals surface area contributed by atoms with Gasteiger partial charge in [0.2, 0.25) is 0 Å². The van der Waals surface area contributed by atoms with E-state index in [1.54, 1.807) is 11.8 Å². The lowest BCUT2D eigenvalue weighted by Crippen LogP contribution is -2.36. The van der Waals surface area contributed by atoms with Gasteiger partial charge in [-0.25, -0.2) is 9.48 Å². The maximum atomic E-state index is 13.4. The van der Waals surface area contributed by atoms with Crippen LogP contribution in [0.25, 0.3) is 0 Å². The van der Waals surface area contributed by atoms with Crippen LogP contribution in [0.1, 0.15) is 11.3 Å². The molecule has 0 radical (unpaired) electrons. The number of ether oxygens (including phenoxy) is 2. The lowest BCUT2D eigenvalue weighted by molar-refractivity contribution is -0.140. The molecule has 4 aromatic carbocycles. The molecule has 1 heterocycles. The minimum Gasteiger partial charge on any atom is -0.497 e. The maximum Gasteiger partial charge on any atom is 0.345 e. The van der Waals surface area contributed by atoms with E-state index >= 15 is 0 Å². The number of carbonyl (C=O) groups is 1. The minimum absolute atomic E-state index is 0.217. The molecular formula is C32H31N3O3P+. The van der Waals surface area contributed by atoms with Gasteiger partial charge in [-0.1, -0.05) is 71.9 Å². The summed E-state index contributed by atoms with van der Waals surface area (Å²) in [6.07, 6.45) is 2.68.